The minimum atomic E-state index is -0.375. The van der Waals surface area contributed by atoms with Gasteiger partial charge in [-0.05, 0) is 64.1 Å². The summed E-state index contributed by atoms with van der Waals surface area (Å²) in [5.41, 5.74) is 5.11. The van der Waals surface area contributed by atoms with Crippen LogP contribution in [0.5, 0.6) is 11.5 Å². The van der Waals surface area contributed by atoms with Crippen LogP contribution in [-0.2, 0) is 26.2 Å². The van der Waals surface area contributed by atoms with E-state index in [1.807, 2.05) is 62.6 Å². The molecule has 0 fully saturated rings. The standard InChI is InChI=1S/C35H38N10O5/c1-7-44-26(16-21(3)40-44)32(47)38-34-36-24-12-11-13-28(49-5)30(24)42(34)14-9-10-15-43-31-25(18-23(20-46)19-29(31)50-6)37-35(43)39-33(48)27-17-22(4)41-45(27)8-2/h9-13,16-20H,7-8,14-15H2,1-6H3,(H,36,38,47)(H,37,39,48)/b10-9+. The summed E-state index contributed by atoms with van der Waals surface area (Å²) in [7, 11) is 3.10. The van der Waals surface area contributed by atoms with Gasteiger partial charge >= 0.3 is 0 Å². The Balaban J connectivity index is 1.35. The Labute approximate surface area is 287 Å². The fourth-order valence-electron chi connectivity index (χ4n) is 5.97. The summed E-state index contributed by atoms with van der Waals surface area (Å²) in [6.45, 7) is 9.14. The Morgan fingerprint density at radius 3 is 1.76 bits per heavy atom. The zero-order valence-corrected chi connectivity index (χ0v) is 28.7. The van der Waals surface area contributed by atoms with Crippen LogP contribution in [0.25, 0.3) is 22.1 Å². The van der Waals surface area contributed by atoms with E-state index in [2.05, 4.69) is 25.8 Å². The third kappa shape index (κ3) is 6.32. The van der Waals surface area contributed by atoms with Crippen LogP contribution in [0.2, 0.25) is 0 Å². The van der Waals surface area contributed by atoms with Crippen LogP contribution >= 0.6 is 0 Å². The maximum atomic E-state index is 13.5. The molecule has 0 aliphatic rings. The molecule has 4 aromatic heterocycles. The number of nitrogens with one attached hydrogen (secondary N) is 2. The van der Waals surface area contributed by atoms with Crippen molar-refractivity contribution in [2.75, 3.05) is 24.9 Å². The van der Waals surface area contributed by atoms with Gasteiger partial charge in [0, 0.05) is 31.7 Å². The molecule has 0 bridgehead atoms. The second-order valence-electron chi connectivity index (χ2n) is 11.5. The quantitative estimate of drug-likeness (QED) is 0.126. The van der Waals surface area contributed by atoms with E-state index in [9.17, 15) is 14.4 Å². The van der Waals surface area contributed by atoms with E-state index in [-0.39, 0.29) is 24.3 Å². The molecule has 0 saturated heterocycles. The van der Waals surface area contributed by atoms with Gasteiger partial charge in [0.1, 0.15) is 40.2 Å². The molecule has 0 aliphatic heterocycles. The number of aromatic nitrogens is 8. The lowest BCUT2D eigenvalue weighted by Crippen LogP contribution is -2.20. The van der Waals surface area contributed by atoms with Crippen molar-refractivity contribution in [1.29, 1.82) is 0 Å². The van der Waals surface area contributed by atoms with Gasteiger partial charge in [0.05, 0.1) is 36.6 Å². The van der Waals surface area contributed by atoms with Crippen LogP contribution in [0.15, 0.2) is 54.6 Å². The number of allylic oxidation sites excluding steroid dienone is 2. The van der Waals surface area contributed by atoms with Gasteiger partial charge < -0.3 is 18.6 Å². The third-order valence-corrected chi connectivity index (χ3v) is 8.20. The van der Waals surface area contributed by atoms with Crippen molar-refractivity contribution in [3.05, 3.63) is 83.0 Å². The molecule has 0 atom stereocenters. The van der Waals surface area contributed by atoms with E-state index in [4.69, 9.17) is 14.5 Å². The lowest BCUT2D eigenvalue weighted by atomic mass is 10.2. The second-order valence-corrected chi connectivity index (χ2v) is 11.5. The third-order valence-electron chi connectivity index (χ3n) is 8.20. The lowest BCUT2D eigenvalue weighted by Gasteiger charge is -2.12. The van der Waals surface area contributed by atoms with Crippen molar-refractivity contribution in [2.45, 2.75) is 53.9 Å². The highest BCUT2D eigenvalue weighted by Gasteiger charge is 2.22. The average Bonchev–Trinajstić information content (AvgIpc) is 3.88. The summed E-state index contributed by atoms with van der Waals surface area (Å²) >= 11 is 0. The monoisotopic (exact) mass is 678 g/mol. The van der Waals surface area contributed by atoms with Gasteiger partial charge in [-0.3, -0.25) is 34.4 Å². The SMILES string of the molecule is CCn1nc(C)cc1C(=O)Nc1nc2cccc(OC)c2n1C/C=C/Cn1c(NC(=O)c2cc(C)nn2CC)nc2cc(C=O)cc(OC)c21. The fourth-order valence-corrected chi connectivity index (χ4v) is 5.97. The largest absolute Gasteiger partial charge is 0.494 e. The zero-order chi connectivity index (χ0) is 35.5. The number of methoxy groups -OCH3 is 2. The van der Waals surface area contributed by atoms with Crippen molar-refractivity contribution in [3.63, 3.8) is 0 Å². The zero-order valence-electron chi connectivity index (χ0n) is 28.7. The maximum Gasteiger partial charge on any atom is 0.276 e. The summed E-state index contributed by atoms with van der Waals surface area (Å²) < 4.78 is 18.3. The second kappa shape index (κ2) is 14.1. The molecule has 50 heavy (non-hydrogen) atoms. The van der Waals surface area contributed by atoms with Gasteiger partial charge in [-0.25, -0.2) is 9.97 Å². The molecule has 0 unspecified atom stereocenters. The highest BCUT2D eigenvalue weighted by Crippen LogP contribution is 2.32. The Bertz CT molecular complexity index is 2270. The first kappa shape index (κ1) is 33.6. The van der Waals surface area contributed by atoms with Crippen molar-refractivity contribution in [1.82, 2.24) is 38.7 Å². The molecule has 15 nitrogen and oxygen atoms in total. The highest BCUT2D eigenvalue weighted by molar-refractivity contribution is 6.04. The number of amides is 2. The minimum Gasteiger partial charge on any atom is -0.494 e. The molecule has 0 aliphatic carbocycles. The molecule has 258 valence electrons. The number of carbonyl (C=O) groups excluding carboxylic acids is 3. The topological polar surface area (TPSA) is 165 Å². The number of hydrogen-bond donors (Lipinski definition) is 2. The highest BCUT2D eigenvalue weighted by atomic mass is 16.5. The number of para-hydroxylation sites is 1. The van der Waals surface area contributed by atoms with Gasteiger partial charge in [-0.15, -0.1) is 0 Å². The number of aryl methyl sites for hydroxylation is 4. The Hall–Kier alpha value is -6.25. The van der Waals surface area contributed by atoms with Crippen LogP contribution in [0.3, 0.4) is 0 Å². The van der Waals surface area contributed by atoms with E-state index in [0.29, 0.717) is 76.1 Å². The van der Waals surface area contributed by atoms with Crippen molar-refractivity contribution in [3.8, 4) is 11.5 Å². The molecule has 6 rings (SSSR count). The maximum absolute atomic E-state index is 13.5. The number of fused-ring (bicyclic) bond motifs is 2. The summed E-state index contributed by atoms with van der Waals surface area (Å²) in [4.78, 5) is 48.0. The van der Waals surface area contributed by atoms with Crippen LogP contribution in [0, 0.1) is 13.8 Å². The van der Waals surface area contributed by atoms with Crippen molar-refractivity contribution < 1.29 is 23.9 Å². The molecule has 0 spiro atoms. The summed E-state index contributed by atoms with van der Waals surface area (Å²) in [6.07, 6.45) is 4.55. The van der Waals surface area contributed by atoms with Crippen molar-refractivity contribution in [2.24, 2.45) is 0 Å². The van der Waals surface area contributed by atoms with Gasteiger partial charge in [0.15, 0.2) is 0 Å². The normalized spacial score (nSPS) is 11.5. The molecule has 0 saturated carbocycles. The van der Waals surface area contributed by atoms with E-state index >= 15 is 0 Å². The fraction of sp³-hybridized carbons (Fsp3) is 0.286. The Morgan fingerprint density at radius 2 is 1.26 bits per heavy atom. The lowest BCUT2D eigenvalue weighted by molar-refractivity contribution is 0.100. The Morgan fingerprint density at radius 1 is 0.740 bits per heavy atom. The molecule has 2 aromatic carbocycles. The average molecular weight is 679 g/mol. The first-order valence-electron chi connectivity index (χ1n) is 16.1. The van der Waals surface area contributed by atoms with Gasteiger partial charge in [-0.1, -0.05) is 18.2 Å². The van der Waals surface area contributed by atoms with E-state index in [1.165, 1.54) is 7.11 Å². The molecule has 2 amide bonds. The predicted molar refractivity (Wildman–Crippen MR) is 188 cm³/mol. The molecule has 0 radical (unpaired) electrons. The Kier molecular flexibility index (Phi) is 9.47. The van der Waals surface area contributed by atoms with Gasteiger partial charge in [0.2, 0.25) is 11.9 Å². The first-order chi connectivity index (χ1) is 24.2. The number of benzene rings is 2. The van der Waals surface area contributed by atoms with Crippen LogP contribution in [0.4, 0.5) is 11.9 Å². The molecular formula is C35H38N10O5. The number of ether oxygens (including phenoxy) is 2. The number of carbonyl (C=O) groups is 3. The molecule has 6 aromatic rings. The smallest absolute Gasteiger partial charge is 0.276 e. The van der Waals surface area contributed by atoms with E-state index < -0.39 is 0 Å². The first-order valence-corrected chi connectivity index (χ1v) is 16.1. The van der Waals surface area contributed by atoms with Crippen molar-refractivity contribution >= 4 is 52.1 Å². The summed E-state index contributed by atoms with van der Waals surface area (Å²) in [6, 6.07) is 12.3. The number of nitrogens with zero attached hydrogens (tertiary/aromatic N) is 8. The number of aldehydes is 1. The molecule has 4 heterocycles. The van der Waals surface area contributed by atoms with Crippen LogP contribution < -0.4 is 20.1 Å². The number of rotatable bonds is 13. The molecule has 2 N–H and O–H groups in total. The summed E-state index contributed by atoms with van der Waals surface area (Å²) in [5.74, 6) is 0.923. The predicted octanol–water partition coefficient (Wildman–Crippen LogP) is 5.03. The van der Waals surface area contributed by atoms with Gasteiger partial charge in [-0.2, -0.15) is 10.2 Å². The van der Waals surface area contributed by atoms with Gasteiger partial charge in [0.25, 0.3) is 11.8 Å². The number of anilines is 2. The molecule has 15 heteroatoms. The molecular weight excluding hydrogens is 640 g/mol. The van der Waals surface area contributed by atoms with Crippen LogP contribution in [0.1, 0.15) is 56.6 Å². The minimum absolute atomic E-state index is 0.267. The van der Waals surface area contributed by atoms with E-state index in [1.54, 1.807) is 45.3 Å². The summed E-state index contributed by atoms with van der Waals surface area (Å²) in [5, 5.41) is 14.7. The number of imidazole rings is 2. The van der Waals surface area contributed by atoms with Crippen LogP contribution in [-0.4, -0.2) is 71.0 Å². The van der Waals surface area contributed by atoms with E-state index in [0.717, 1.165) is 17.7 Å². The number of hydrogen-bond acceptors (Lipinski definition) is 9.